The van der Waals surface area contributed by atoms with Crippen LogP contribution >= 0.6 is 15.9 Å². The monoisotopic (exact) mass is 374 g/mol. The zero-order chi connectivity index (χ0) is 16.2. The molecule has 0 radical (unpaired) electrons. The van der Waals surface area contributed by atoms with Crippen molar-refractivity contribution in [3.63, 3.8) is 0 Å². The fourth-order valence-electron chi connectivity index (χ4n) is 2.81. The highest BCUT2D eigenvalue weighted by molar-refractivity contribution is 9.10. The Labute approximate surface area is 135 Å². The van der Waals surface area contributed by atoms with E-state index in [1.165, 1.54) is 0 Å². The Morgan fingerprint density at radius 3 is 2.19 bits per heavy atom. The van der Waals surface area contributed by atoms with Crippen LogP contribution in [0.2, 0.25) is 0 Å². The summed E-state index contributed by atoms with van der Waals surface area (Å²) in [6.45, 7) is 10.4. The highest BCUT2D eigenvalue weighted by Crippen LogP contribution is 2.63. The van der Waals surface area contributed by atoms with Crippen molar-refractivity contribution >= 4 is 26.0 Å². The third-order valence-electron chi connectivity index (χ3n) is 5.18. The van der Waals surface area contributed by atoms with Gasteiger partial charge in [-0.25, -0.2) is 13.1 Å². The van der Waals surface area contributed by atoms with E-state index in [-0.39, 0.29) is 16.9 Å². The van der Waals surface area contributed by atoms with E-state index in [1.807, 2.05) is 6.07 Å². The van der Waals surface area contributed by atoms with Gasteiger partial charge in [0.25, 0.3) is 0 Å². The Kier molecular flexibility index (Phi) is 4.07. The van der Waals surface area contributed by atoms with Gasteiger partial charge in [0, 0.05) is 17.1 Å². The normalized spacial score (nSPS) is 20.5. The van der Waals surface area contributed by atoms with E-state index in [0.717, 1.165) is 10.0 Å². The molecule has 0 aromatic heterocycles. The maximum atomic E-state index is 12.7. The number of nitrogens with one attached hydrogen (secondary N) is 1. The van der Waals surface area contributed by atoms with Crippen LogP contribution in [0.5, 0.6) is 0 Å². The van der Waals surface area contributed by atoms with Crippen LogP contribution in [-0.2, 0) is 16.6 Å². The van der Waals surface area contributed by atoms with Crippen LogP contribution in [0.1, 0.15) is 38.8 Å². The lowest BCUT2D eigenvalue weighted by molar-refractivity contribution is 0.457. The summed E-state index contributed by atoms with van der Waals surface area (Å²) in [6.07, 6.45) is 0. The molecule has 2 rings (SSSR count). The Balaban J connectivity index is 2.40. The molecule has 0 saturated heterocycles. The number of halogens is 1. The summed E-state index contributed by atoms with van der Waals surface area (Å²) >= 11 is 3.41. The Hall–Kier alpha value is -0.430. The Morgan fingerprint density at radius 1 is 1.24 bits per heavy atom. The minimum atomic E-state index is -3.56. The van der Waals surface area contributed by atoms with E-state index in [9.17, 15) is 8.42 Å². The van der Waals surface area contributed by atoms with Gasteiger partial charge >= 0.3 is 0 Å². The molecular formula is C15H23BrN2O2S. The number of sulfonamides is 1. The van der Waals surface area contributed by atoms with Crippen LogP contribution in [0.4, 0.5) is 0 Å². The van der Waals surface area contributed by atoms with E-state index in [1.54, 1.807) is 13.0 Å². The summed E-state index contributed by atoms with van der Waals surface area (Å²) in [7, 11) is -3.56. The quantitative estimate of drug-likeness (QED) is 0.850. The number of rotatable bonds is 4. The first-order valence-electron chi connectivity index (χ1n) is 6.96. The first-order chi connectivity index (χ1) is 9.45. The summed E-state index contributed by atoms with van der Waals surface area (Å²) in [5.41, 5.74) is 7.05. The standard InChI is InChI=1S/C15H23BrN2O2S/c1-9-11(16)6-10(8-17)7-12(9)21(19,20)18-13-14(2,3)15(13,4)5/h6-7,13,18H,8,17H2,1-5H3. The topological polar surface area (TPSA) is 72.2 Å². The molecule has 4 nitrogen and oxygen atoms in total. The molecule has 1 aromatic carbocycles. The van der Waals surface area contributed by atoms with Gasteiger partial charge in [0.05, 0.1) is 4.90 Å². The molecule has 1 aliphatic rings. The first-order valence-corrected chi connectivity index (χ1v) is 9.24. The van der Waals surface area contributed by atoms with Crippen LogP contribution in [0.3, 0.4) is 0 Å². The molecule has 0 spiro atoms. The van der Waals surface area contributed by atoms with Crippen LogP contribution in [0.15, 0.2) is 21.5 Å². The van der Waals surface area contributed by atoms with Crippen molar-refractivity contribution in [3.8, 4) is 0 Å². The molecule has 1 saturated carbocycles. The number of nitrogens with two attached hydrogens (primary N) is 1. The lowest BCUT2D eigenvalue weighted by atomic mass is 10.0. The van der Waals surface area contributed by atoms with Crippen molar-refractivity contribution in [3.05, 3.63) is 27.7 Å². The van der Waals surface area contributed by atoms with Crippen molar-refractivity contribution in [2.24, 2.45) is 16.6 Å². The Morgan fingerprint density at radius 2 is 1.76 bits per heavy atom. The fourth-order valence-corrected chi connectivity index (χ4v) is 5.30. The van der Waals surface area contributed by atoms with Gasteiger partial charge in [-0.05, 0) is 41.0 Å². The number of hydrogen-bond donors (Lipinski definition) is 2. The number of benzene rings is 1. The zero-order valence-corrected chi connectivity index (χ0v) is 15.5. The largest absolute Gasteiger partial charge is 0.326 e. The van der Waals surface area contributed by atoms with Gasteiger partial charge < -0.3 is 5.73 Å². The minimum Gasteiger partial charge on any atom is -0.326 e. The SMILES string of the molecule is Cc1c(Br)cc(CN)cc1S(=O)(=O)NC1C(C)(C)C1(C)C. The smallest absolute Gasteiger partial charge is 0.241 e. The summed E-state index contributed by atoms with van der Waals surface area (Å²) in [4.78, 5) is 0.302. The average Bonchev–Trinajstić information content (AvgIpc) is 2.74. The lowest BCUT2D eigenvalue weighted by Gasteiger charge is -2.13. The van der Waals surface area contributed by atoms with Gasteiger partial charge in [-0.3, -0.25) is 0 Å². The van der Waals surface area contributed by atoms with Crippen LogP contribution < -0.4 is 10.5 Å². The molecule has 0 aliphatic heterocycles. The van der Waals surface area contributed by atoms with Crippen molar-refractivity contribution in [2.75, 3.05) is 0 Å². The predicted molar refractivity (Wildman–Crippen MR) is 88.4 cm³/mol. The molecule has 118 valence electrons. The van der Waals surface area contributed by atoms with E-state index < -0.39 is 10.0 Å². The molecule has 0 bridgehead atoms. The minimum absolute atomic E-state index is 0.0450. The van der Waals surface area contributed by atoms with Gasteiger partial charge in [-0.2, -0.15) is 0 Å². The maximum Gasteiger partial charge on any atom is 0.241 e. The summed E-state index contributed by atoms with van der Waals surface area (Å²) < 4.78 is 29.1. The molecule has 1 aromatic rings. The van der Waals surface area contributed by atoms with Crippen LogP contribution in [0.25, 0.3) is 0 Å². The first kappa shape index (κ1) is 16.9. The summed E-state index contributed by atoms with van der Waals surface area (Å²) in [5.74, 6) is 0. The molecule has 21 heavy (non-hydrogen) atoms. The second kappa shape index (κ2) is 5.05. The molecule has 0 heterocycles. The third kappa shape index (κ3) is 2.67. The van der Waals surface area contributed by atoms with E-state index in [2.05, 4.69) is 48.3 Å². The van der Waals surface area contributed by atoms with Gasteiger partial charge in [-0.15, -0.1) is 0 Å². The second-order valence-electron chi connectivity index (χ2n) is 6.90. The highest BCUT2D eigenvalue weighted by Gasteiger charge is 2.66. The second-order valence-corrected chi connectivity index (χ2v) is 9.44. The molecule has 0 amide bonds. The molecule has 1 fully saturated rings. The van der Waals surface area contributed by atoms with Gasteiger partial charge in [0.15, 0.2) is 0 Å². The highest BCUT2D eigenvalue weighted by atomic mass is 79.9. The third-order valence-corrected chi connectivity index (χ3v) is 7.55. The van der Waals surface area contributed by atoms with Crippen LogP contribution in [0, 0.1) is 17.8 Å². The average molecular weight is 375 g/mol. The Bertz CT molecular complexity index is 667. The van der Waals surface area contributed by atoms with E-state index >= 15 is 0 Å². The molecule has 0 unspecified atom stereocenters. The summed E-state index contributed by atoms with van der Waals surface area (Å²) in [5, 5.41) is 0. The number of hydrogen-bond acceptors (Lipinski definition) is 3. The molecule has 6 heteroatoms. The van der Waals surface area contributed by atoms with Gasteiger partial charge in [0.1, 0.15) is 0 Å². The maximum absolute atomic E-state index is 12.7. The molecule has 1 aliphatic carbocycles. The molecule has 3 N–H and O–H groups in total. The van der Waals surface area contributed by atoms with Crippen molar-refractivity contribution < 1.29 is 8.42 Å². The molecule has 0 atom stereocenters. The fraction of sp³-hybridized carbons (Fsp3) is 0.600. The predicted octanol–water partition coefficient (Wildman–Crippen LogP) is 2.93. The summed E-state index contributed by atoms with van der Waals surface area (Å²) in [6, 6.07) is 3.46. The van der Waals surface area contributed by atoms with Gasteiger partial charge in [-0.1, -0.05) is 43.6 Å². The van der Waals surface area contributed by atoms with E-state index in [4.69, 9.17) is 5.73 Å². The van der Waals surface area contributed by atoms with Crippen molar-refractivity contribution in [1.82, 2.24) is 4.72 Å². The van der Waals surface area contributed by atoms with Gasteiger partial charge in [0.2, 0.25) is 10.0 Å². The van der Waals surface area contributed by atoms with Crippen molar-refractivity contribution in [2.45, 2.75) is 52.1 Å². The van der Waals surface area contributed by atoms with Crippen molar-refractivity contribution in [1.29, 1.82) is 0 Å². The molecular weight excluding hydrogens is 352 g/mol. The zero-order valence-electron chi connectivity index (χ0n) is 13.1. The van der Waals surface area contributed by atoms with E-state index in [0.29, 0.717) is 17.0 Å². The lowest BCUT2D eigenvalue weighted by Crippen LogP contribution is -2.30. The van der Waals surface area contributed by atoms with Crippen LogP contribution in [-0.4, -0.2) is 14.5 Å².